The van der Waals surface area contributed by atoms with Crippen LogP contribution in [-0.2, 0) is 0 Å². The Morgan fingerprint density at radius 1 is 1.04 bits per heavy atom. The minimum Gasteiger partial charge on any atom is -0.497 e. The maximum atomic E-state index is 5.39. The molecule has 0 amide bonds. The van der Waals surface area contributed by atoms with Crippen LogP contribution in [0.2, 0.25) is 0 Å². The van der Waals surface area contributed by atoms with Gasteiger partial charge < -0.3 is 4.74 Å². The highest BCUT2D eigenvalue weighted by Crippen LogP contribution is 2.35. The van der Waals surface area contributed by atoms with Gasteiger partial charge in [0.2, 0.25) is 0 Å². The molecule has 1 aliphatic heterocycles. The maximum Gasteiger partial charge on any atom is 0.119 e. The second-order valence-corrected chi connectivity index (χ2v) is 7.29. The van der Waals surface area contributed by atoms with Crippen molar-refractivity contribution in [2.45, 2.75) is 50.5 Å². The molecule has 0 bridgehead atoms. The second-order valence-electron chi connectivity index (χ2n) is 7.29. The average molecular weight is 337 g/mol. The Kier molecular flexibility index (Phi) is 4.97. The lowest BCUT2D eigenvalue weighted by Crippen LogP contribution is -2.41. The van der Waals surface area contributed by atoms with Crippen LogP contribution < -0.4 is 4.74 Å². The third-order valence-electron chi connectivity index (χ3n) is 5.75. The van der Waals surface area contributed by atoms with Crippen LogP contribution in [0.1, 0.15) is 50.1 Å². The summed E-state index contributed by atoms with van der Waals surface area (Å²) >= 11 is 0. The Hall–Kier alpha value is -1.94. The molecule has 2 heterocycles. The van der Waals surface area contributed by atoms with E-state index in [-0.39, 0.29) is 0 Å². The van der Waals surface area contributed by atoms with Crippen LogP contribution in [0.3, 0.4) is 0 Å². The predicted octanol–water partition coefficient (Wildman–Crippen LogP) is 4.27. The van der Waals surface area contributed by atoms with Gasteiger partial charge >= 0.3 is 0 Å². The third-order valence-corrected chi connectivity index (χ3v) is 5.75. The van der Waals surface area contributed by atoms with Gasteiger partial charge in [-0.2, -0.15) is 0 Å². The molecule has 4 rings (SSSR count). The van der Waals surface area contributed by atoms with E-state index in [0.29, 0.717) is 5.92 Å². The molecule has 0 radical (unpaired) electrons. The SMILES string of the molecule is COc1cccc(-c2nccnc2[C@@H]2CCCN(C3CCCC3)C2)c1. The highest BCUT2D eigenvalue weighted by Gasteiger charge is 2.30. The fourth-order valence-electron chi connectivity index (χ4n) is 4.47. The largest absolute Gasteiger partial charge is 0.497 e. The number of benzene rings is 1. The first kappa shape index (κ1) is 16.5. The van der Waals surface area contributed by atoms with Crippen molar-refractivity contribution >= 4 is 0 Å². The van der Waals surface area contributed by atoms with Crippen LogP contribution in [0.5, 0.6) is 5.75 Å². The number of likely N-dealkylation sites (tertiary alicyclic amines) is 1. The summed E-state index contributed by atoms with van der Waals surface area (Å²) in [5, 5.41) is 0. The van der Waals surface area contributed by atoms with Crippen LogP contribution in [0.25, 0.3) is 11.3 Å². The average Bonchev–Trinajstić information content (AvgIpc) is 3.23. The van der Waals surface area contributed by atoms with Crippen LogP contribution in [0.15, 0.2) is 36.7 Å². The van der Waals surface area contributed by atoms with E-state index in [1.54, 1.807) is 13.3 Å². The van der Waals surface area contributed by atoms with E-state index in [4.69, 9.17) is 9.72 Å². The molecule has 2 aliphatic rings. The van der Waals surface area contributed by atoms with Gasteiger partial charge in [-0.3, -0.25) is 14.9 Å². The van der Waals surface area contributed by atoms with Crippen LogP contribution >= 0.6 is 0 Å². The summed E-state index contributed by atoms with van der Waals surface area (Å²) in [4.78, 5) is 12.2. The van der Waals surface area contributed by atoms with Crippen molar-refractivity contribution in [3.63, 3.8) is 0 Å². The zero-order valence-electron chi connectivity index (χ0n) is 15.0. The lowest BCUT2D eigenvalue weighted by molar-refractivity contribution is 0.149. The van der Waals surface area contributed by atoms with Crippen molar-refractivity contribution < 1.29 is 4.74 Å². The fourth-order valence-corrected chi connectivity index (χ4v) is 4.47. The van der Waals surface area contributed by atoms with E-state index in [0.717, 1.165) is 35.3 Å². The summed E-state index contributed by atoms with van der Waals surface area (Å²) in [6, 6.07) is 8.96. The molecule has 1 aliphatic carbocycles. The molecule has 2 fully saturated rings. The number of hydrogen-bond acceptors (Lipinski definition) is 4. The van der Waals surface area contributed by atoms with E-state index in [1.165, 1.54) is 45.1 Å². The summed E-state index contributed by atoms with van der Waals surface area (Å²) in [6.07, 6.45) is 11.6. The molecule has 0 unspecified atom stereocenters. The van der Waals surface area contributed by atoms with Gasteiger partial charge in [0.1, 0.15) is 5.75 Å². The van der Waals surface area contributed by atoms with Crippen molar-refractivity contribution in [3.8, 4) is 17.0 Å². The summed E-state index contributed by atoms with van der Waals surface area (Å²) in [5.74, 6) is 1.34. The van der Waals surface area contributed by atoms with E-state index in [2.05, 4.69) is 22.0 Å². The number of methoxy groups -OCH3 is 1. The summed E-state index contributed by atoms with van der Waals surface area (Å²) in [6.45, 7) is 2.37. The molecule has 0 N–H and O–H groups in total. The van der Waals surface area contributed by atoms with Gasteiger partial charge in [-0.05, 0) is 44.4 Å². The van der Waals surface area contributed by atoms with Gasteiger partial charge in [-0.1, -0.05) is 25.0 Å². The van der Waals surface area contributed by atoms with E-state index in [9.17, 15) is 0 Å². The van der Waals surface area contributed by atoms with Crippen molar-refractivity contribution in [3.05, 3.63) is 42.4 Å². The van der Waals surface area contributed by atoms with Crippen molar-refractivity contribution in [2.24, 2.45) is 0 Å². The zero-order valence-corrected chi connectivity index (χ0v) is 15.0. The number of nitrogens with zero attached hydrogens (tertiary/aromatic N) is 3. The topological polar surface area (TPSA) is 38.3 Å². The quantitative estimate of drug-likeness (QED) is 0.835. The number of hydrogen-bond donors (Lipinski definition) is 0. The second kappa shape index (κ2) is 7.52. The number of rotatable bonds is 4. The number of ether oxygens (including phenoxy) is 1. The lowest BCUT2D eigenvalue weighted by atomic mass is 9.90. The summed E-state index contributed by atoms with van der Waals surface area (Å²) < 4.78 is 5.39. The van der Waals surface area contributed by atoms with Gasteiger partial charge in [-0.15, -0.1) is 0 Å². The molecular weight excluding hydrogens is 310 g/mol. The standard InChI is InChI=1S/C21H27N3O/c1-25-19-10-4-6-16(14-19)20-21(23-12-11-22-20)17-7-5-13-24(15-17)18-8-2-3-9-18/h4,6,10-12,14,17-18H,2-3,5,7-9,13,15H2,1H3/t17-/m1/s1. The van der Waals surface area contributed by atoms with E-state index >= 15 is 0 Å². The van der Waals surface area contributed by atoms with Gasteiger partial charge in [0.15, 0.2) is 0 Å². The Bertz CT molecular complexity index is 712. The van der Waals surface area contributed by atoms with Crippen LogP contribution in [0, 0.1) is 0 Å². The first-order valence-electron chi connectivity index (χ1n) is 9.54. The molecule has 2 aromatic rings. The van der Waals surface area contributed by atoms with Crippen molar-refractivity contribution in [1.29, 1.82) is 0 Å². The molecule has 132 valence electrons. The maximum absolute atomic E-state index is 5.39. The number of piperidine rings is 1. The molecule has 1 aromatic heterocycles. The van der Waals surface area contributed by atoms with Crippen LogP contribution in [0.4, 0.5) is 0 Å². The van der Waals surface area contributed by atoms with Crippen molar-refractivity contribution in [1.82, 2.24) is 14.9 Å². The third kappa shape index (κ3) is 3.54. The highest BCUT2D eigenvalue weighted by atomic mass is 16.5. The molecule has 1 saturated heterocycles. The molecule has 1 atom stereocenters. The molecule has 4 heteroatoms. The van der Waals surface area contributed by atoms with E-state index in [1.807, 2.05) is 18.3 Å². The van der Waals surface area contributed by atoms with Crippen molar-refractivity contribution in [2.75, 3.05) is 20.2 Å². The Morgan fingerprint density at radius 2 is 1.88 bits per heavy atom. The van der Waals surface area contributed by atoms with E-state index < -0.39 is 0 Å². The fraction of sp³-hybridized carbons (Fsp3) is 0.524. The Labute approximate surface area is 150 Å². The molecule has 4 nitrogen and oxygen atoms in total. The first-order chi connectivity index (χ1) is 12.3. The number of aromatic nitrogens is 2. The van der Waals surface area contributed by atoms with Crippen LogP contribution in [-0.4, -0.2) is 41.1 Å². The van der Waals surface area contributed by atoms with Gasteiger partial charge in [0.25, 0.3) is 0 Å². The minimum atomic E-state index is 0.476. The summed E-state index contributed by atoms with van der Waals surface area (Å²) in [5.41, 5.74) is 3.26. The Morgan fingerprint density at radius 3 is 2.72 bits per heavy atom. The minimum absolute atomic E-state index is 0.476. The first-order valence-corrected chi connectivity index (χ1v) is 9.54. The molecular formula is C21H27N3O. The normalized spacial score (nSPS) is 22.2. The zero-order chi connectivity index (χ0) is 17.1. The molecule has 1 saturated carbocycles. The Balaban J connectivity index is 1.61. The lowest BCUT2D eigenvalue weighted by Gasteiger charge is -2.37. The summed E-state index contributed by atoms with van der Waals surface area (Å²) in [7, 11) is 1.71. The smallest absolute Gasteiger partial charge is 0.119 e. The molecule has 0 spiro atoms. The highest BCUT2D eigenvalue weighted by molar-refractivity contribution is 5.64. The van der Waals surface area contributed by atoms with Gasteiger partial charge in [0.05, 0.1) is 18.5 Å². The molecule has 1 aromatic carbocycles. The molecule has 25 heavy (non-hydrogen) atoms. The van der Waals surface area contributed by atoms with Gasteiger partial charge in [0, 0.05) is 36.5 Å². The van der Waals surface area contributed by atoms with Gasteiger partial charge in [-0.25, -0.2) is 0 Å². The monoisotopic (exact) mass is 337 g/mol. The predicted molar refractivity (Wildman–Crippen MR) is 99.8 cm³/mol.